The van der Waals surface area contributed by atoms with Gasteiger partial charge in [-0.25, -0.2) is 14.6 Å². The number of nitrogens with zero attached hydrogens (tertiary/aromatic N) is 3. The minimum absolute atomic E-state index is 0.0599. The number of hydrogen-bond donors (Lipinski definition) is 4. The highest BCUT2D eigenvalue weighted by molar-refractivity contribution is 6.08. The standard InChI is InChI=1S/C27H37N7O7/c1-26(2,3)19(22(37)34-14-27(12-17(34)23(38)41-4)24(39)32-25(40)33-27)31-21(36)18(15-8-6-5-7-9-15)30-20(35)16-13-28-10-11-29-16/h10-11,13,15,17-19H,5-9,12,14H2,1-4H3,(H,30,35)(H,31,36)(H2,32,33,39,40)/t17?,18-,19?,27?/m0/s1. The third kappa shape index (κ3) is 6.30. The van der Waals surface area contributed by atoms with Crippen LogP contribution in [0.3, 0.4) is 0 Å². The third-order valence-corrected chi connectivity index (χ3v) is 8.01. The Morgan fingerprint density at radius 1 is 1.10 bits per heavy atom. The number of hydrogen-bond acceptors (Lipinski definition) is 9. The molecule has 2 saturated heterocycles. The molecule has 3 heterocycles. The number of amides is 6. The van der Waals surface area contributed by atoms with Gasteiger partial charge in [-0.3, -0.25) is 29.5 Å². The molecule has 0 radical (unpaired) electrons. The molecule has 1 aromatic rings. The van der Waals surface area contributed by atoms with Crippen LogP contribution in [0.4, 0.5) is 4.79 Å². The summed E-state index contributed by atoms with van der Waals surface area (Å²) in [6, 6.07) is -3.97. The van der Waals surface area contributed by atoms with Crippen molar-refractivity contribution in [2.24, 2.45) is 11.3 Å². The molecule has 14 nitrogen and oxygen atoms in total. The summed E-state index contributed by atoms with van der Waals surface area (Å²) in [5, 5.41) is 10.4. The summed E-state index contributed by atoms with van der Waals surface area (Å²) < 4.78 is 4.91. The van der Waals surface area contributed by atoms with E-state index in [0.717, 1.165) is 32.1 Å². The van der Waals surface area contributed by atoms with Crippen LogP contribution in [0.25, 0.3) is 0 Å². The Hall–Kier alpha value is -4.10. The average molecular weight is 572 g/mol. The molecule has 1 aliphatic carbocycles. The second kappa shape index (κ2) is 11.8. The van der Waals surface area contributed by atoms with Crippen LogP contribution in [0.15, 0.2) is 18.6 Å². The van der Waals surface area contributed by atoms with Gasteiger partial charge in [0.25, 0.3) is 11.8 Å². The normalized spacial score (nSPS) is 24.3. The number of carbonyl (C=O) groups is 6. The number of nitrogens with one attached hydrogen (secondary N) is 4. The number of carbonyl (C=O) groups excluding carboxylic acids is 6. The van der Waals surface area contributed by atoms with Gasteiger partial charge in [0.15, 0.2) is 0 Å². The molecule has 4 atom stereocenters. The van der Waals surface area contributed by atoms with Crippen LogP contribution in [0.2, 0.25) is 0 Å². The first-order valence-corrected chi connectivity index (χ1v) is 13.8. The zero-order valence-corrected chi connectivity index (χ0v) is 23.7. The summed E-state index contributed by atoms with van der Waals surface area (Å²) >= 11 is 0. The molecular formula is C27H37N7O7. The van der Waals surface area contributed by atoms with Crippen molar-refractivity contribution in [1.29, 1.82) is 0 Å². The number of ether oxygens (including phenoxy) is 1. The minimum Gasteiger partial charge on any atom is -0.467 e. The van der Waals surface area contributed by atoms with Crippen LogP contribution in [0.5, 0.6) is 0 Å². The highest BCUT2D eigenvalue weighted by Crippen LogP contribution is 2.34. The van der Waals surface area contributed by atoms with Crippen LogP contribution in [-0.4, -0.2) is 87.8 Å². The molecule has 222 valence electrons. The Kier molecular flexibility index (Phi) is 8.59. The van der Waals surface area contributed by atoms with Gasteiger partial charge in [-0.15, -0.1) is 0 Å². The van der Waals surface area contributed by atoms with Crippen molar-refractivity contribution in [3.8, 4) is 0 Å². The molecule has 4 rings (SSSR count). The predicted octanol–water partition coefficient (Wildman–Crippen LogP) is 0.0383. The summed E-state index contributed by atoms with van der Waals surface area (Å²) in [6.07, 6.45) is 8.23. The highest BCUT2D eigenvalue weighted by Gasteiger charge is 2.58. The molecule has 3 aliphatic rings. The fraction of sp³-hybridized carbons (Fsp3) is 0.630. The Labute approximate surface area is 237 Å². The zero-order chi connectivity index (χ0) is 29.9. The number of aromatic nitrogens is 2. The average Bonchev–Trinajstić information content (AvgIpc) is 3.47. The largest absolute Gasteiger partial charge is 0.467 e. The lowest BCUT2D eigenvalue weighted by atomic mass is 9.82. The Balaban J connectivity index is 1.60. The number of rotatable bonds is 7. The molecule has 1 aromatic heterocycles. The van der Waals surface area contributed by atoms with Crippen LogP contribution < -0.4 is 21.3 Å². The monoisotopic (exact) mass is 571 g/mol. The molecule has 0 aromatic carbocycles. The highest BCUT2D eigenvalue weighted by atomic mass is 16.5. The lowest BCUT2D eigenvalue weighted by molar-refractivity contribution is -0.153. The van der Waals surface area contributed by atoms with Gasteiger partial charge in [0, 0.05) is 18.8 Å². The van der Waals surface area contributed by atoms with E-state index in [9.17, 15) is 28.8 Å². The second-order valence-corrected chi connectivity index (χ2v) is 11.9. The van der Waals surface area contributed by atoms with Crippen molar-refractivity contribution >= 4 is 35.6 Å². The summed E-state index contributed by atoms with van der Waals surface area (Å²) in [6.45, 7) is 4.99. The summed E-state index contributed by atoms with van der Waals surface area (Å²) in [5.41, 5.74) is -2.27. The van der Waals surface area contributed by atoms with Crippen molar-refractivity contribution in [3.05, 3.63) is 24.3 Å². The fourth-order valence-electron chi connectivity index (χ4n) is 5.81. The van der Waals surface area contributed by atoms with Gasteiger partial charge in [-0.05, 0) is 24.2 Å². The molecule has 4 N–H and O–H groups in total. The Morgan fingerprint density at radius 3 is 2.37 bits per heavy atom. The first kappa shape index (κ1) is 29.9. The van der Waals surface area contributed by atoms with E-state index in [4.69, 9.17) is 4.74 Å². The number of likely N-dealkylation sites (tertiary alicyclic amines) is 1. The topological polar surface area (TPSA) is 189 Å². The first-order valence-electron chi connectivity index (χ1n) is 13.8. The van der Waals surface area contributed by atoms with Crippen LogP contribution in [-0.2, 0) is 23.9 Å². The van der Waals surface area contributed by atoms with Crippen molar-refractivity contribution in [3.63, 3.8) is 0 Å². The van der Waals surface area contributed by atoms with Gasteiger partial charge in [-0.1, -0.05) is 40.0 Å². The number of urea groups is 1. The molecule has 14 heteroatoms. The Morgan fingerprint density at radius 2 is 1.80 bits per heavy atom. The predicted molar refractivity (Wildman–Crippen MR) is 143 cm³/mol. The molecule has 3 unspecified atom stereocenters. The number of imide groups is 1. The van der Waals surface area contributed by atoms with Crippen LogP contribution in [0, 0.1) is 11.3 Å². The maximum Gasteiger partial charge on any atom is 0.328 e. The van der Waals surface area contributed by atoms with Crippen LogP contribution in [0.1, 0.15) is 69.8 Å². The van der Waals surface area contributed by atoms with Crippen molar-refractivity contribution in [1.82, 2.24) is 36.1 Å². The fourth-order valence-corrected chi connectivity index (χ4v) is 5.81. The van der Waals surface area contributed by atoms with Crippen LogP contribution >= 0.6 is 0 Å². The SMILES string of the molecule is COC(=O)C1CC2(CN1C(=O)C(NC(=O)[C@@H](NC(=O)c1cnccn1)C1CCCCC1)C(C)(C)C)NC(=O)NC2=O. The van der Waals surface area contributed by atoms with Gasteiger partial charge >= 0.3 is 12.0 Å². The molecule has 6 amide bonds. The summed E-state index contributed by atoms with van der Waals surface area (Å²) in [7, 11) is 1.17. The minimum atomic E-state index is -1.49. The van der Waals surface area contributed by atoms with Crippen molar-refractivity contribution in [2.45, 2.75) is 83.0 Å². The van der Waals surface area contributed by atoms with Crippen molar-refractivity contribution in [2.75, 3.05) is 13.7 Å². The van der Waals surface area contributed by atoms with E-state index in [1.54, 1.807) is 20.8 Å². The van der Waals surface area contributed by atoms with E-state index in [2.05, 4.69) is 31.2 Å². The van der Waals surface area contributed by atoms with Gasteiger partial charge in [0.1, 0.15) is 29.4 Å². The molecule has 3 fully saturated rings. The number of esters is 1. The second-order valence-electron chi connectivity index (χ2n) is 11.9. The van der Waals surface area contributed by atoms with E-state index in [1.807, 2.05) is 0 Å². The van der Waals surface area contributed by atoms with E-state index in [0.29, 0.717) is 0 Å². The van der Waals surface area contributed by atoms with E-state index < -0.39 is 64.7 Å². The molecule has 1 saturated carbocycles. The first-order chi connectivity index (χ1) is 19.4. The quantitative estimate of drug-likeness (QED) is 0.259. The van der Waals surface area contributed by atoms with E-state index in [1.165, 1.54) is 30.6 Å². The maximum atomic E-state index is 14.1. The van der Waals surface area contributed by atoms with Crippen molar-refractivity contribution < 1.29 is 33.5 Å². The third-order valence-electron chi connectivity index (χ3n) is 8.01. The smallest absolute Gasteiger partial charge is 0.328 e. The molecule has 41 heavy (non-hydrogen) atoms. The lowest BCUT2D eigenvalue weighted by Gasteiger charge is -2.37. The van der Waals surface area contributed by atoms with E-state index >= 15 is 0 Å². The van der Waals surface area contributed by atoms with Gasteiger partial charge in [0.2, 0.25) is 11.8 Å². The summed E-state index contributed by atoms with van der Waals surface area (Å²) in [5.74, 6) is -3.27. The number of methoxy groups -OCH3 is 1. The van der Waals surface area contributed by atoms with Gasteiger partial charge in [0.05, 0.1) is 19.9 Å². The lowest BCUT2D eigenvalue weighted by Crippen LogP contribution is -2.61. The van der Waals surface area contributed by atoms with E-state index in [-0.39, 0.29) is 24.6 Å². The van der Waals surface area contributed by atoms with Gasteiger partial charge < -0.3 is 25.6 Å². The summed E-state index contributed by atoms with van der Waals surface area (Å²) in [4.78, 5) is 87.4. The van der Waals surface area contributed by atoms with Gasteiger partial charge in [-0.2, -0.15) is 0 Å². The maximum absolute atomic E-state index is 14.1. The molecular weight excluding hydrogens is 534 g/mol. The zero-order valence-electron chi connectivity index (χ0n) is 23.7. The molecule has 0 bridgehead atoms. The molecule has 1 spiro atoms. The molecule has 2 aliphatic heterocycles. The Bertz CT molecular complexity index is 1210.